The summed E-state index contributed by atoms with van der Waals surface area (Å²) >= 11 is -4.11. The van der Waals surface area contributed by atoms with Crippen molar-refractivity contribution in [3.8, 4) is 0 Å². The highest BCUT2D eigenvalue weighted by atomic mass is 32.2. The van der Waals surface area contributed by atoms with Gasteiger partial charge in [-0.2, -0.15) is 0 Å². The van der Waals surface area contributed by atoms with E-state index in [0.29, 0.717) is 22.3 Å². The molecule has 0 radical (unpaired) electrons. The molecule has 5 nitrogen and oxygen atoms in total. The molecule has 0 heterocycles. The SMILES string of the molecule is O=C(c1ccccc1CS(=O)O)c1ccccc1CS(=O)O. The molecule has 0 spiro atoms. The molecule has 0 fully saturated rings. The summed E-state index contributed by atoms with van der Waals surface area (Å²) in [6.07, 6.45) is 0. The average Bonchev–Trinajstić information content (AvgIpc) is 2.46. The minimum Gasteiger partial charge on any atom is -0.306 e. The van der Waals surface area contributed by atoms with Gasteiger partial charge in [0, 0.05) is 11.1 Å². The largest absolute Gasteiger partial charge is 0.306 e. The lowest BCUT2D eigenvalue weighted by atomic mass is 9.96. The summed E-state index contributed by atoms with van der Waals surface area (Å²) in [4.78, 5) is 12.7. The summed E-state index contributed by atoms with van der Waals surface area (Å²) in [7, 11) is 0. The first-order valence-electron chi connectivity index (χ1n) is 6.34. The maximum atomic E-state index is 12.7. The number of hydrogen-bond donors (Lipinski definition) is 2. The minimum atomic E-state index is -2.06. The van der Waals surface area contributed by atoms with Gasteiger partial charge in [0.15, 0.2) is 27.9 Å². The minimum absolute atomic E-state index is 0.143. The van der Waals surface area contributed by atoms with Crippen molar-refractivity contribution in [2.75, 3.05) is 0 Å². The molecule has 2 unspecified atom stereocenters. The molecule has 2 N–H and O–H groups in total. The van der Waals surface area contributed by atoms with Crippen LogP contribution in [0, 0.1) is 0 Å². The van der Waals surface area contributed by atoms with E-state index in [1.165, 1.54) is 0 Å². The molecule has 0 aliphatic heterocycles. The molecule has 2 rings (SSSR count). The van der Waals surface area contributed by atoms with Gasteiger partial charge in [0.2, 0.25) is 0 Å². The van der Waals surface area contributed by atoms with Gasteiger partial charge < -0.3 is 9.11 Å². The molecule has 0 amide bonds. The van der Waals surface area contributed by atoms with E-state index < -0.39 is 22.2 Å². The maximum Gasteiger partial charge on any atom is 0.193 e. The smallest absolute Gasteiger partial charge is 0.193 e. The van der Waals surface area contributed by atoms with Crippen molar-refractivity contribution in [1.29, 1.82) is 0 Å². The van der Waals surface area contributed by atoms with Gasteiger partial charge in [-0.3, -0.25) is 4.79 Å². The van der Waals surface area contributed by atoms with Crippen LogP contribution in [-0.2, 0) is 33.7 Å². The van der Waals surface area contributed by atoms with Crippen LogP contribution in [0.3, 0.4) is 0 Å². The summed E-state index contributed by atoms with van der Waals surface area (Å²) in [6.45, 7) is 0. The van der Waals surface area contributed by atoms with E-state index in [4.69, 9.17) is 9.11 Å². The summed E-state index contributed by atoms with van der Waals surface area (Å²) in [5, 5.41) is 0. The Morgan fingerprint density at radius 2 is 1.14 bits per heavy atom. The highest BCUT2D eigenvalue weighted by molar-refractivity contribution is 7.78. The van der Waals surface area contributed by atoms with E-state index >= 15 is 0 Å². The number of carbonyl (C=O) groups is 1. The van der Waals surface area contributed by atoms with Crippen LogP contribution in [-0.4, -0.2) is 23.3 Å². The Morgan fingerprint density at radius 1 is 0.773 bits per heavy atom. The van der Waals surface area contributed by atoms with Crippen LogP contribution in [0.4, 0.5) is 0 Å². The lowest BCUT2D eigenvalue weighted by Gasteiger charge is -2.10. The first-order chi connectivity index (χ1) is 10.5. The molecule has 0 saturated carbocycles. The fourth-order valence-corrected chi connectivity index (χ4v) is 3.18. The van der Waals surface area contributed by atoms with Gasteiger partial charge in [-0.1, -0.05) is 48.5 Å². The summed E-state index contributed by atoms with van der Waals surface area (Å²) in [6, 6.07) is 13.1. The Labute approximate surface area is 132 Å². The Hall–Kier alpha value is -1.67. The molecule has 0 aliphatic rings. The van der Waals surface area contributed by atoms with E-state index in [0.717, 1.165) is 0 Å². The van der Waals surface area contributed by atoms with Crippen molar-refractivity contribution in [2.24, 2.45) is 0 Å². The topological polar surface area (TPSA) is 91.7 Å². The predicted octanol–water partition coefficient (Wildman–Crippen LogP) is 2.36. The monoisotopic (exact) mass is 338 g/mol. The van der Waals surface area contributed by atoms with Crippen LogP contribution in [0.15, 0.2) is 48.5 Å². The molecule has 2 atom stereocenters. The van der Waals surface area contributed by atoms with Crippen molar-refractivity contribution >= 4 is 27.9 Å². The van der Waals surface area contributed by atoms with E-state index in [1.54, 1.807) is 48.5 Å². The number of rotatable bonds is 6. The van der Waals surface area contributed by atoms with Crippen LogP contribution >= 0.6 is 0 Å². The van der Waals surface area contributed by atoms with Gasteiger partial charge in [0.05, 0.1) is 11.5 Å². The van der Waals surface area contributed by atoms with E-state index in [9.17, 15) is 13.2 Å². The summed E-state index contributed by atoms with van der Waals surface area (Å²) in [5.41, 5.74) is 1.57. The molecule has 22 heavy (non-hydrogen) atoms. The number of hydrogen-bond acceptors (Lipinski definition) is 3. The van der Waals surface area contributed by atoms with Gasteiger partial charge >= 0.3 is 0 Å². The maximum absolute atomic E-state index is 12.7. The third-order valence-corrected chi connectivity index (χ3v) is 4.20. The second-order valence-electron chi connectivity index (χ2n) is 4.58. The molecule has 0 aromatic heterocycles. The Kier molecular flexibility index (Phi) is 5.73. The van der Waals surface area contributed by atoms with E-state index in [-0.39, 0.29) is 17.3 Å². The molecule has 116 valence electrons. The van der Waals surface area contributed by atoms with Crippen molar-refractivity contribution < 1.29 is 22.3 Å². The van der Waals surface area contributed by atoms with Gasteiger partial charge in [0.1, 0.15) is 0 Å². The Morgan fingerprint density at radius 3 is 1.50 bits per heavy atom. The summed E-state index contributed by atoms with van der Waals surface area (Å²) < 4.78 is 40.1. The van der Waals surface area contributed by atoms with Crippen molar-refractivity contribution in [2.45, 2.75) is 11.5 Å². The molecule has 2 aromatic rings. The third kappa shape index (κ3) is 4.17. The van der Waals surface area contributed by atoms with Gasteiger partial charge in [0.25, 0.3) is 0 Å². The summed E-state index contributed by atoms with van der Waals surface area (Å²) in [5.74, 6) is -0.617. The number of ketones is 1. The van der Waals surface area contributed by atoms with Crippen LogP contribution in [0.25, 0.3) is 0 Å². The molecular formula is C15H14O5S2. The first-order valence-corrected chi connectivity index (χ1v) is 8.89. The van der Waals surface area contributed by atoms with Gasteiger partial charge in [-0.25, -0.2) is 8.42 Å². The standard InChI is InChI=1S/C15H14O5S2/c16-15(13-7-3-1-5-11(13)9-21(17)18)14-8-4-2-6-12(14)10-22(19)20/h1-8H,9-10H2,(H,17,18)(H,19,20). The normalized spacial score (nSPS) is 13.5. The van der Waals surface area contributed by atoms with Crippen molar-refractivity contribution in [1.82, 2.24) is 0 Å². The van der Waals surface area contributed by atoms with Crippen molar-refractivity contribution in [3.63, 3.8) is 0 Å². The second kappa shape index (κ2) is 7.55. The third-order valence-electron chi connectivity index (χ3n) is 3.08. The Balaban J connectivity index is 2.45. The zero-order valence-corrected chi connectivity index (χ0v) is 13.1. The van der Waals surface area contributed by atoms with Gasteiger partial charge in [-0.15, -0.1) is 0 Å². The number of carbonyl (C=O) groups excluding carboxylic acids is 1. The molecule has 0 bridgehead atoms. The zero-order valence-electron chi connectivity index (χ0n) is 11.5. The van der Waals surface area contributed by atoms with Crippen LogP contribution in [0.1, 0.15) is 27.0 Å². The molecule has 2 aromatic carbocycles. The zero-order chi connectivity index (χ0) is 16.1. The fourth-order valence-electron chi connectivity index (χ4n) is 2.15. The van der Waals surface area contributed by atoms with Crippen LogP contribution < -0.4 is 0 Å². The predicted molar refractivity (Wildman–Crippen MR) is 85.3 cm³/mol. The second-order valence-corrected chi connectivity index (χ2v) is 6.44. The highest BCUT2D eigenvalue weighted by Crippen LogP contribution is 2.19. The molecule has 0 saturated heterocycles. The van der Waals surface area contributed by atoms with Crippen molar-refractivity contribution in [3.05, 3.63) is 70.8 Å². The lowest BCUT2D eigenvalue weighted by molar-refractivity contribution is 0.103. The fraction of sp³-hybridized carbons (Fsp3) is 0.133. The number of benzene rings is 2. The Bertz CT molecular complexity index is 681. The molecule has 0 aliphatic carbocycles. The van der Waals surface area contributed by atoms with Crippen LogP contribution in [0.5, 0.6) is 0 Å². The quantitative estimate of drug-likeness (QED) is 0.623. The van der Waals surface area contributed by atoms with Gasteiger partial charge in [-0.05, 0) is 11.1 Å². The molecule has 7 heteroatoms. The van der Waals surface area contributed by atoms with E-state index in [2.05, 4.69) is 0 Å². The molecular weight excluding hydrogens is 324 g/mol. The average molecular weight is 338 g/mol. The highest BCUT2D eigenvalue weighted by Gasteiger charge is 2.18. The van der Waals surface area contributed by atoms with Crippen LogP contribution in [0.2, 0.25) is 0 Å². The lowest BCUT2D eigenvalue weighted by Crippen LogP contribution is -2.10. The first kappa shape index (κ1) is 16.7. The van der Waals surface area contributed by atoms with E-state index in [1.807, 2.05) is 0 Å².